The van der Waals surface area contributed by atoms with Crippen LogP contribution < -0.4 is 24.3 Å². The summed E-state index contributed by atoms with van der Waals surface area (Å²) in [4.78, 5) is 17.4. The number of anilines is 1. The Labute approximate surface area is 185 Å². The SMILES string of the molecule is COc1cc(OC)c(C(=O)Nc2cccc(OCc3cn4ccccc4n3)c2)cc1OC. The number of nitrogens with zero attached hydrogens (tertiary/aromatic N) is 2. The van der Waals surface area contributed by atoms with Crippen molar-refractivity contribution in [1.82, 2.24) is 9.38 Å². The number of rotatable bonds is 8. The lowest BCUT2D eigenvalue weighted by Crippen LogP contribution is -2.13. The molecule has 0 fully saturated rings. The molecule has 1 amide bonds. The Balaban J connectivity index is 1.48. The van der Waals surface area contributed by atoms with Crippen LogP contribution in [-0.4, -0.2) is 36.6 Å². The Morgan fingerprint density at radius 2 is 1.72 bits per heavy atom. The summed E-state index contributed by atoms with van der Waals surface area (Å²) in [5.74, 6) is 1.55. The van der Waals surface area contributed by atoms with Crippen molar-refractivity contribution >= 4 is 17.2 Å². The van der Waals surface area contributed by atoms with Gasteiger partial charge < -0.3 is 28.7 Å². The lowest BCUT2D eigenvalue weighted by molar-refractivity contribution is 0.102. The van der Waals surface area contributed by atoms with Crippen LogP contribution in [0.1, 0.15) is 16.1 Å². The zero-order valence-corrected chi connectivity index (χ0v) is 18.0. The Hall–Kier alpha value is -4.20. The number of methoxy groups -OCH3 is 3. The van der Waals surface area contributed by atoms with Crippen LogP contribution in [0.3, 0.4) is 0 Å². The number of carbonyl (C=O) groups is 1. The van der Waals surface area contributed by atoms with Gasteiger partial charge in [-0.15, -0.1) is 0 Å². The van der Waals surface area contributed by atoms with Crippen LogP contribution in [0.15, 0.2) is 67.0 Å². The van der Waals surface area contributed by atoms with E-state index in [9.17, 15) is 4.79 Å². The van der Waals surface area contributed by atoms with Crippen LogP contribution in [0.2, 0.25) is 0 Å². The number of carbonyl (C=O) groups excluding carboxylic acids is 1. The Morgan fingerprint density at radius 1 is 0.938 bits per heavy atom. The molecule has 2 aromatic heterocycles. The number of pyridine rings is 1. The van der Waals surface area contributed by atoms with Gasteiger partial charge in [-0.25, -0.2) is 4.98 Å². The van der Waals surface area contributed by atoms with Gasteiger partial charge in [0.15, 0.2) is 11.5 Å². The van der Waals surface area contributed by atoms with E-state index in [2.05, 4.69) is 10.3 Å². The molecule has 2 heterocycles. The maximum absolute atomic E-state index is 12.9. The monoisotopic (exact) mass is 433 g/mol. The second-order valence-corrected chi connectivity index (χ2v) is 6.88. The van der Waals surface area contributed by atoms with Crippen molar-refractivity contribution in [3.63, 3.8) is 0 Å². The lowest BCUT2D eigenvalue weighted by Gasteiger charge is -2.14. The number of hydrogen-bond donors (Lipinski definition) is 1. The van der Waals surface area contributed by atoms with Crippen molar-refractivity contribution in [2.75, 3.05) is 26.6 Å². The summed E-state index contributed by atoms with van der Waals surface area (Å²) in [5.41, 5.74) is 2.57. The predicted octanol–water partition coefficient (Wildman–Crippen LogP) is 4.19. The van der Waals surface area contributed by atoms with Crippen LogP contribution in [0.25, 0.3) is 5.65 Å². The van der Waals surface area contributed by atoms with Gasteiger partial charge in [-0.3, -0.25) is 4.79 Å². The first-order chi connectivity index (χ1) is 15.6. The maximum Gasteiger partial charge on any atom is 0.259 e. The number of ether oxygens (including phenoxy) is 4. The predicted molar refractivity (Wildman–Crippen MR) is 120 cm³/mol. The van der Waals surface area contributed by atoms with Gasteiger partial charge in [-0.2, -0.15) is 0 Å². The van der Waals surface area contributed by atoms with Crippen molar-refractivity contribution in [2.24, 2.45) is 0 Å². The minimum Gasteiger partial charge on any atom is -0.496 e. The molecule has 32 heavy (non-hydrogen) atoms. The summed E-state index contributed by atoms with van der Waals surface area (Å²) < 4.78 is 23.7. The van der Waals surface area contributed by atoms with E-state index in [-0.39, 0.29) is 5.91 Å². The highest BCUT2D eigenvalue weighted by atomic mass is 16.5. The molecule has 2 aromatic carbocycles. The van der Waals surface area contributed by atoms with Crippen LogP contribution in [0.4, 0.5) is 5.69 Å². The Kier molecular flexibility index (Phi) is 6.12. The molecule has 0 spiro atoms. The van der Waals surface area contributed by atoms with Crippen LogP contribution in [0, 0.1) is 0 Å². The molecular formula is C24H23N3O5. The molecule has 0 saturated carbocycles. The summed E-state index contributed by atoms with van der Waals surface area (Å²) in [6.45, 7) is 0.308. The topological polar surface area (TPSA) is 83.3 Å². The molecule has 8 nitrogen and oxygen atoms in total. The average molecular weight is 433 g/mol. The molecule has 0 radical (unpaired) electrons. The van der Waals surface area contributed by atoms with Gasteiger partial charge in [0.1, 0.15) is 23.8 Å². The number of fused-ring (bicyclic) bond motifs is 1. The van der Waals surface area contributed by atoms with Gasteiger partial charge in [0.25, 0.3) is 5.91 Å². The van der Waals surface area contributed by atoms with Crippen molar-refractivity contribution in [1.29, 1.82) is 0 Å². The van der Waals surface area contributed by atoms with E-state index in [4.69, 9.17) is 18.9 Å². The third kappa shape index (κ3) is 4.44. The highest BCUT2D eigenvalue weighted by Gasteiger charge is 2.18. The third-order valence-corrected chi connectivity index (χ3v) is 4.84. The van der Waals surface area contributed by atoms with E-state index in [0.717, 1.165) is 11.3 Å². The smallest absolute Gasteiger partial charge is 0.259 e. The van der Waals surface area contributed by atoms with E-state index in [1.165, 1.54) is 21.3 Å². The summed E-state index contributed by atoms with van der Waals surface area (Å²) in [6, 6.07) is 16.2. The molecule has 0 bridgehead atoms. The molecule has 0 aliphatic heterocycles. The molecule has 4 aromatic rings. The first-order valence-corrected chi connectivity index (χ1v) is 9.88. The quantitative estimate of drug-likeness (QED) is 0.449. The first kappa shape index (κ1) is 21.0. The minimum absolute atomic E-state index is 0.308. The zero-order chi connectivity index (χ0) is 22.5. The highest BCUT2D eigenvalue weighted by molar-refractivity contribution is 6.06. The summed E-state index contributed by atoms with van der Waals surface area (Å²) in [5, 5.41) is 2.87. The van der Waals surface area contributed by atoms with Crippen molar-refractivity contribution < 1.29 is 23.7 Å². The van der Waals surface area contributed by atoms with Gasteiger partial charge >= 0.3 is 0 Å². The van der Waals surface area contributed by atoms with E-state index < -0.39 is 0 Å². The number of hydrogen-bond acceptors (Lipinski definition) is 6. The van der Waals surface area contributed by atoms with E-state index in [0.29, 0.717) is 40.9 Å². The second kappa shape index (κ2) is 9.30. The molecule has 164 valence electrons. The van der Waals surface area contributed by atoms with E-state index >= 15 is 0 Å². The summed E-state index contributed by atoms with van der Waals surface area (Å²) in [7, 11) is 4.52. The minimum atomic E-state index is -0.347. The van der Waals surface area contributed by atoms with E-state index in [1.807, 2.05) is 41.1 Å². The highest BCUT2D eigenvalue weighted by Crippen LogP contribution is 2.35. The fourth-order valence-electron chi connectivity index (χ4n) is 3.28. The van der Waals surface area contributed by atoms with Crippen molar-refractivity contribution in [2.45, 2.75) is 6.61 Å². The molecule has 0 unspecified atom stereocenters. The second-order valence-electron chi connectivity index (χ2n) is 6.88. The largest absolute Gasteiger partial charge is 0.496 e. The number of imidazole rings is 1. The first-order valence-electron chi connectivity index (χ1n) is 9.88. The molecule has 0 saturated heterocycles. The average Bonchev–Trinajstić information content (AvgIpc) is 3.25. The Morgan fingerprint density at radius 3 is 2.47 bits per heavy atom. The fraction of sp³-hybridized carbons (Fsp3) is 0.167. The van der Waals surface area contributed by atoms with Crippen LogP contribution in [-0.2, 0) is 6.61 Å². The molecule has 8 heteroatoms. The summed E-state index contributed by atoms with van der Waals surface area (Å²) >= 11 is 0. The van der Waals surface area contributed by atoms with E-state index in [1.54, 1.807) is 30.3 Å². The Bertz CT molecular complexity index is 1220. The fourth-order valence-corrected chi connectivity index (χ4v) is 3.28. The number of nitrogens with one attached hydrogen (secondary N) is 1. The molecule has 1 N–H and O–H groups in total. The number of amides is 1. The number of benzene rings is 2. The van der Waals surface area contributed by atoms with Gasteiger partial charge in [0.2, 0.25) is 0 Å². The normalized spacial score (nSPS) is 10.6. The lowest BCUT2D eigenvalue weighted by atomic mass is 10.1. The van der Waals surface area contributed by atoms with Gasteiger partial charge in [-0.05, 0) is 24.3 Å². The van der Waals surface area contributed by atoms with Crippen LogP contribution in [0.5, 0.6) is 23.0 Å². The standard InChI is InChI=1S/C24H23N3O5/c1-29-20-13-22(31-3)21(30-2)12-19(20)24(28)26-16-7-6-8-18(11-16)32-15-17-14-27-10-5-4-9-23(27)25-17/h4-14H,15H2,1-3H3,(H,26,28). The number of aromatic nitrogens is 2. The molecule has 0 aliphatic carbocycles. The third-order valence-electron chi connectivity index (χ3n) is 4.84. The molecule has 0 aliphatic rings. The molecular weight excluding hydrogens is 410 g/mol. The van der Waals surface area contributed by atoms with Gasteiger partial charge in [0, 0.05) is 36.3 Å². The van der Waals surface area contributed by atoms with Gasteiger partial charge in [0.05, 0.1) is 32.6 Å². The van der Waals surface area contributed by atoms with Crippen LogP contribution >= 0.6 is 0 Å². The van der Waals surface area contributed by atoms with Gasteiger partial charge in [-0.1, -0.05) is 12.1 Å². The van der Waals surface area contributed by atoms with Crippen molar-refractivity contribution in [3.8, 4) is 23.0 Å². The molecule has 0 atom stereocenters. The zero-order valence-electron chi connectivity index (χ0n) is 18.0. The van der Waals surface area contributed by atoms with Crippen molar-refractivity contribution in [3.05, 3.63) is 78.2 Å². The molecule has 4 rings (SSSR count). The summed E-state index contributed by atoms with van der Waals surface area (Å²) in [6.07, 6.45) is 3.86. The maximum atomic E-state index is 12.9.